The van der Waals surface area contributed by atoms with Gasteiger partial charge in [-0.05, 0) is 42.8 Å². The van der Waals surface area contributed by atoms with Crippen LogP contribution in [0.1, 0.15) is 46.2 Å². The van der Waals surface area contributed by atoms with Crippen molar-refractivity contribution in [2.75, 3.05) is 6.61 Å². The van der Waals surface area contributed by atoms with Gasteiger partial charge in [-0.25, -0.2) is 10.2 Å². The van der Waals surface area contributed by atoms with Gasteiger partial charge in [-0.15, -0.1) is 0 Å². The van der Waals surface area contributed by atoms with Gasteiger partial charge in [0.05, 0.1) is 18.4 Å². The zero-order valence-corrected chi connectivity index (χ0v) is 16.1. The number of benzene rings is 2. The first-order valence-electron chi connectivity index (χ1n) is 9.43. The Hall–Kier alpha value is -3.67. The number of ether oxygens (including phenoxy) is 1. The molecule has 1 N–H and O–H groups in total. The molecule has 6 heteroatoms. The van der Waals surface area contributed by atoms with E-state index < -0.39 is 0 Å². The van der Waals surface area contributed by atoms with E-state index in [1.54, 1.807) is 60.7 Å². The molecule has 0 saturated carbocycles. The lowest BCUT2D eigenvalue weighted by atomic mass is 10.1. The molecule has 1 heterocycles. The van der Waals surface area contributed by atoms with Crippen molar-refractivity contribution < 1.29 is 18.7 Å². The monoisotopic (exact) mass is 390 g/mol. The van der Waals surface area contributed by atoms with Crippen LogP contribution < -0.4 is 5.43 Å². The third kappa shape index (κ3) is 5.65. The lowest BCUT2D eigenvalue weighted by molar-refractivity contribution is 0.0499. The van der Waals surface area contributed by atoms with Crippen molar-refractivity contribution in [3.05, 3.63) is 83.6 Å². The van der Waals surface area contributed by atoms with E-state index in [9.17, 15) is 9.59 Å². The Kier molecular flexibility index (Phi) is 6.95. The normalized spacial score (nSPS) is 10.8. The van der Waals surface area contributed by atoms with E-state index in [4.69, 9.17) is 9.15 Å². The molecular weight excluding hydrogens is 368 g/mol. The summed E-state index contributed by atoms with van der Waals surface area (Å²) in [6.07, 6.45) is 3.27. The van der Waals surface area contributed by atoms with Crippen LogP contribution in [0.2, 0.25) is 0 Å². The number of hydrogen-bond acceptors (Lipinski definition) is 5. The van der Waals surface area contributed by atoms with Crippen LogP contribution in [0.5, 0.6) is 0 Å². The third-order valence-corrected chi connectivity index (χ3v) is 4.16. The van der Waals surface area contributed by atoms with Crippen LogP contribution in [0.3, 0.4) is 0 Å². The molecular formula is C23H22N2O4. The average molecular weight is 390 g/mol. The molecule has 6 nitrogen and oxygen atoms in total. The van der Waals surface area contributed by atoms with Crippen LogP contribution in [-0.2, 0) is 4.74 Å². The number of furan rings is 1. The maximum atomic E-state index is 11.9. The van der Waals surface area contributed by atoms with Gasteiger partial charge >= 0.3 is 5.97 Å². The largest absolute Gasteiger partial charge is 0.462 e. The molecule has 0 unspecified atom stereocenters. The first-order valence-corrected chi connectivity index (χ1v) is 9.43. The van der Waals surface area contributed by atoms with E-state index >= 15 is 0 Å². The van der Waals surface area contributed by atoms with Gasteiger partial charge in [0.1, 0.15) is 11.5 Å². The Morgan fingerprint density at radius 2 is 1.76 bits per heavy atom. The molecule has 0 aliphatic carbocycles. The molecule has 148 valence electrons. The first-order chi connectivity index (χ1) is 14.2. The predicted octanol–water partition coefficient (Wildman–Crippen LogP) is 4.67. The Morgan fingerprint density at radius 3 is 2.48 bits per heavy atom. The molecule has 1 amide bonds. The highest BCUT2D eigenvalue weighted by Crippen LogP contribution is 2.22. The fraction of sp³-hybridized carbons (Fsp3) is 0.174. The summed E-state index contributed by atoms with van der Waals surface area (Å²) in [4.78, 5) is 23.9. The van der Waals surface area contributed by atoms with Gasteiger partial charge < -0.3 is 9.15 Å². The number of carbonyl (C=O) groups is 2. The van der Waals surface area contributed by atoms with Gasteiger partial charge in [0.2, 0.25) is 0 Å². The quantitative estimate of drug-likeness (QED) is 0.262. The molecule has 0 radical (unpaired) electrons. The molecule has 0 fully saturated rings. The Morgan fingerprint density at radius 1 is 1.00 bits per heavy atom. The molecule has 0 saturated heterocycles. The number of esters is 1. The van der Waals surface area contributed by atoms with E-state index in [0.29, 0.717) is 29.3 Å². The topological polar surface area (TPSA) is 80.9 Å². The summed E-state index contributed by atoms with van der Waals surface area (Å²) >= 11 is 0. The van der Waals surface area contributed by atoms with Gasteiger partial charge in [-0.1, -0.05) is 43.7 Å². The lowest BCUT2D eigenvalue weighted by Gasteiger charge is -2.04. The fourth-order valence-corrected chi connectivity index (χ4v) is 2.55. The summed E-state index contributed by atoms with van der Waals surface area (Å²) in [7, 11) is 0. The number of hydrogen-bond donors (Lipinski definition) is 1. The van der Waals surface area contributed by atoms with Crippen molar-refractivity contribution in [3.8, 4) is 11.3 Å². The summed E-state index contributed by atoms with van der Waals surface area (Å²) in [5.41, 5.74) is 4.31. The van der Waals surface area contributed by atoms with Crippen molar-refractivity contribution in [1.82, 2.24) is 5.43 Å². The average Bonchev–Trinajstić information content (AvgIpc) is 3.23. The van der Waals surface area contributed by atoms with Gasteiger partial charge in [0.15, 0.2) is 0 Å². The Bertz CT molecular complexity index is 976. The van der Waals surface area contributed by atoms with E-state index in [2.05, 4.69) is 10.5 Å². The van der Waals surface area contributed by atoms with Crippen molar-refractivity contribution >= 4 is 18.1 Å². The van der Waals surface area contributed by atoms with E-state index in [1.807, 2.05) is 13.0 Å². The first kappa shape index (κ1) is 20.1. The number of carbonyl (C=O) groups excluding carboxylic acids is 2. The highest BCUT2D eigenvalue weighted by molar-refractivity contribution is 5.94. The molecule has 0 aliphatic heterocycles. The van der Waals surface area contributed by atoms with Crippen molar-refractivity contribution in [2.24, 2.45) is 5.10 Å². The fourth-order valence-electron chi connectivity index (χ4n) is 2.55. The van der Waals surface area contributed by atoms with Crippen LogP contribution in [0.4, 0.5) is 0 Å². The predicted molar refractivity (Wildman–Crippen MR) is 111 cm³/mol. The van der Waals surface area contributed by atoms with E-state index in [1.165, 1.54) is 6.21 Å². The number of rotatable bonds is 8. The summed E-state index contributed by atoms with van der Waals surface area (Å²) < 4.78 is 10.9. The molecule has 0 spiro atoms. The van der Waals surface area contributed by atoms with E-state index in [-0.39, 0.29) is 11.9 Å². The number of amides is 1. The van der Waals surface area contributed by atoms with Crippen molar-refractivity contribution in [2.45, 2.75) is 19.8 Å². The molecule has 3 rings (SSSR count). The second kappa shape index (κ2) is 10.0. The summed E-state index contributed by atoms with van der Waals surface area (Å²) in [5, 5.41) is 3.92. The number of unbranched alkanes of at least 4 members (excludes halogenated alkanes) is 1. The molecule has 29 heavy (non-hydrogen) atoms. The SMILES string of the molecule is CCCCOC(=O)c1ccc(-c2ccc(/C=N\NC(=O)c3ccccc3)o2)cc1. The highest BCUT2D eigenvalue weighted by Gasteiger charge is 2.09. The third-order valence-electron chi connectivity index (χ3n) is 4.16. The maximum Gasteiger partial charge on any atom is 0.338 e. The van der Waals surface area contributed by atoms with Gasteiger partial charge in [0, 0.05) is 11.1 Å². The second-order valence-corrected chi connectivity index (χ2v) is 6.33. The Labute approximate surface area is 169 Å². The highest BCUT2D eigenvalue weighted by atomic mass is 16.5. The van der Waals surface area contributed by atoms with E-state index in [0.717, 1.165) is 18.4 Å². The smallest absolute Gasteiger partial charge is 0.338 e. The van der Waals surface area contributed by atoms with Crippen LogP contribution in [-0.4, -0.2) is 24.7 Å². The minimum atomic E-state index is -0.327. The minimum absolute atomic E-state index is 0.296. The molecule has 1 aromatic heterocycles. The standard InChI is InChI=1S/C23H22N2O4/c1-2-3-15-28-23(27)19-11-9-17(10-12-19)21-14-13-20(29-21)16-24-25-22(26)18-7-5-4-6-8-18/h4-14,16H,2-3,15H2,1H3,(H,25,26)/b24-16-. The Balaban J connectivity index is 1.58. The second-order valence-electron chi connectivity index (χ2n) is 6.33. The van der Waals surface area contributed by atoms with Crippen LogP contribution in [0, 0.1) is 0 Å². The molecule has 3 aromatic rings. The number of nitrogens with one attached hydrogen (secondary N) is 1. The number of nitrogens with zero attached hydrogens (tertiary/aromatic N) is 1. The van der Waals surface area contributed by atoms with Gasteiger partial charge in [-0.3, -0.25) is 4.79 Å². The molecule has 2 aromatic carbocycles. The molecule has 0 aliphatic rings. The summed E-state index contributed by atoms with van der Waals surface area (Å²) in [5.74, 6) is 0.504. The zero-order chi connectivity index (χ0) is 20.5. The van der Waals surface area contributed by atoms with Crippen LogP contribution in [0.25, 0.3) is 11.3 Å². The van der Waals surface area contributed by atoms with Crippen molar-refractivity contribution in [1.29, 1.82) is 0 Å². The van der Waals surface area contributed by atoms with Crippen LogP contribution in [0.15, 0.2) is 76.2 Å². The molecule has 0 atom stereocenters. The maximum absolute atomic E-state index is 11.9. The number of hydrazone groups is 1. The molecule has 0 bridgehead atoms. The van der Waals surface area contributed by atoms with Crippen LogP contribution >= 0.6 is 0 Å². The van der Waals surface area contributed by atoms with Crippen molar-refractivity contribution in [3.63, 3.8) is 0 Å². The lowest BCUT2D eigenvalue weighted by Crippen LogP contribution is -2.17. The summed E-state index contributed by atoms with van der Waals surface area (Å²) in [6, 6.07) is 19.4. The zero-order valence-electron chi connectivity index (χ0n) is 16.1. The minimum Gasteiger partial charge on any atom is -0.462 e. The summed E-state index contributed by atoms with van der Waals surface area (Å²) in [6.45, 7) is 2.47. The van der Waals surface area contributed by atoms with Gasteiger partial charge in [0.25, 0.3) is 5.91 Å². The van der Waals surface area contributed by atoms with Gasteiger partial charge in [-0.2, -0.15) is 5.10 Å².